The first kappa shape index (κ1) is 12.7. The molecule has 3 rings (SSSR count). The molecule has 0 saturated heterocycles. The standard InChI is InChI=1S/C14H15BrN2O2/c1-14(2)12-9(6-11(17-14)13(18)19)8-5-7(15)3-4-10(8)16-12/h3-5,11,16-17H,6H2,1-2H3,(H,18,19). The van der Waals surface area contributed by atoms with Crippen LogP contribution in [0, 0.1) is 0 Å². The number of halogens is 1. The Morgan fingerprint density at radius 3 is 2.89 bits per heavy atom. The predicted molar refractivity (Wildman–Crippen MR) is 77.3 cm³/mol. The summed E-state index contributed by atoms with van der Waals surface area (Å²) in [6, 6.07) is 5.51. The Hall–Kier alpha value is -1.33. The lowest BCUT2D eigenvalue weighted by molar-refractivity contribution is -0.140. The first-order valence-electron chi connectivity index (χ1n) is 6.19. The molecular weight excluding hydrogens is 308 g/mol. The van der Waals surface area contributed by atoms with Crippen molar-refractivity contribution in [1.29, 1.82) is 0 Å². The van der Waals surface area contributed by atoms with E-state index < -0.39 is 12.0 Å². The minimum atomic E-state index is -0.803. The molecule has 0 saturated carbocycles. The maximum atomic E-state index is 11.3. The minimum Gasteiger partial charge on any atom is -0.480 e. The highest BCUT2D eigenvalue weighted by atomic mass is 79.9. The fourth-order valence-corrected chi connectivity index (χ4v) is 3.24. The van der Waals surface area contributed by atoms with E-state index in [9.17, 15) is 9.90 Å². The smallest absolute Gasteiger partial charge is 0.321 e. The Morgan fingerprint density at radius 2 is 2.21 bits per heavy atom. The summed E-state index contributed by atoms with van der Waals surface area (Å²) in [5.74, 6) is -0.803. The van der Waals surface area contributed by atoms with Gasteiger partial charge in [-0.25, -0.2) is 0 Å². The van der Waals surface area contributed by atoms with Crippen LogP contribution in [0.4, 0.5) is 0 Å². The Kier molecular flexibility index (Phi) is 2.73. The van der Waals surface area contributed by atoms with Crippen LogP contribution in [0.15, 0.2) is 22.7 Å². The monoisotopic (exact) mass is 322 g/mol. The van der Waals surface area contributed by atoms with Crippen molar-refractivity contribution in [3.63, 3.8) is 0 Å². The largest absolute Gasteiger partial charge is 0.480 e. The summed E-state index contributed by atoms with van der Waals surface area (Å²) >= 11 is 3.47. The average molecular weight is 323 g/mol. The molecule has 1 aliphatic rings. The lowest BCUT2D eigenvalue weighted by Gasteiger charge is -2.35. The number of carbonyl (C=O) groups is 1. The maximum Gasteiger partial charge on any atom is 0.321 e. The van der Waals surface area contributed by atoms with Gasteiger partial charge in [0.05, 0.1) is 5.54 Å². The normalized spacial score (nSPS) is 21.3. The van der Waals surface area contributed by atoms with Crippen molar-refractivity contribution in [1.82, 2.24) is 10.3 Å². The molecule has 3 N–H and O–H groups in total. The number of rotatable bonds is 1. The molecule has 1 atom stereocenters. The van der Waals surface area contributed by atoms with Crippen LogP contribution in [0.1, 0.15) is 25.1 Å². The highest BCUT2D eigenvalue weighted by Crippen LogP contribution is 2.36. The van der Waals surface area contributed by atoms with E-state index >= 15 is 0 Å². The maximum absolute atomic E-state index is 11.3. The van der Waals surface area contributed by atoms with Crippen molar-refractivity contribution in [2.24, 2.45) is 0 Å². The second-order valence-corrected chi connectivity index (χ2v) is 6.45. The van der Waals surface area contributed by atoms with Crippen molar-refractivity contribution in [2.45, 2.75) is 31.8 Å². The zero-order chi connectivity index (χ0) is 13.8. The van der Waals surface area contributed by atoms with Crippen LogP contribution in [-0.2, 0) is 16.8 Å². The number of carboxylic acids is 1. The molecule has 19 heavy (non-hydrogen) atoms. The molecule has 2 aromatic rings. The van der Waals surface area contributed by atoms with Crippen LogP contribution in [0.25, 0.3) is 10.9 Å². The van der Waals surface area contributed by atoms with Crippen LogP contribution in [0.2, 0.25) is 0 Å². The zero-order valence-corrected chi connectivity index (χ0v) is 12.3. The molecule has 0 aliphatic carbocycles. The van der Waals surface area contributed by atoms with Crippen molar-refractivity contribution >= 4 is 32.8 Å². The van der Waals surface area contributed by atoms with Crippen LogP contribution in [0.3, 0.4) is 0 Å². The minimum absolute atomic E-state index is 0.373. The molecule has 2 heterocycles. The summed E-state index contributed by atoms with van der Waals surface area (Å²) < 4.78 is 1.00. The number of hydrogen-bond donors (Lipinski definition) is 3. The first-order valence-corrected chi connectivity index (χ1v) is 6.99. The fourth-order valence-electron chi connectivity index (χ4n) is 2.88. The Balaban J connectivity index is 2.24. The molecule has 0 bridgehead atoms. The molecule has 1 aromatic carbocycles. The van der Waals surface area contributed by atoms with Crippen LogP contribution in [0.5, 0.6) is 0 Å². The SMILES string of the molecule is CC1(C)NC(C(=O)O)Cc2c1[nH]c1ccc(Br)cc21. The number of aromatic nitrogens is 1. The molecular formula is C14H15BrN2O2. The molecule has 1 aliphatic heterocycles. The summed E-state index contributed by atoms with van der Waals surface area (Å²) in [6.07, 6.45) is 0.505. The number of carboxylic acid groups (broad SMARTS) is 1. The van der Waals surface area contributed by atoms with Crippen LogP contribution in [-0.4, -0.2) is 22.1 Å². The highest BCUT2D eigenvalue weighted by molar-refractivity contribution is 9.10. The molecule has 4 nitrogen and oxygen atoms in total. The van der Waals surface area contributed by atoms with Gasteiger partial charge in [0.25, 0.3) is 0 Å². The third-order valence-electron chi connectivity index (χ3n) is 3.73. The van der Waals surface area contributed by atoms with Gasteiger partial charge < -0.3 is 10.1 Å². The summed E-state index contributed by atoms with van der Waals surface area (Å²) in [4.78, 5) is 14.7. The molecule has 1 unspecified atom stereocenters. The topological polar surface area (TPSA) is 65.1 Å². The zero-order valence-electron chi connectivity index (χ0n) is 10.7. The van der Waals surface area contributed by atoms with Gasteiger partial charge in [-0.1, -0.05) is 15.9 Å². The van der Waals surface area contributed by atoms with Gasteiger partial charge in [-0.05, 0) is 37.6 Å². The first-order chi connectivity index (χ1) is 8.88. The van der Waals surface area contributed by atoms with Gasteiger partial charge in [-0.3, -0.25) is 10.1 Å². The third-order valence-corrected chi connectivity index (χ3v) is 4.23. The Morgan fingerprint density at radius 1 is 1.47 bits per heavy atom. The van der Waals surface area contributed by atoms with E-state index in [1.807, 2.05) is 32.0 Å². The second kappa shape index (κ2) is 4.08. The predicted octanol–water partition coefficient (Wildman–Crippen LogP) is 2.76. The number of aliphatic carboxylic acids is 1. The Bertz CT molecular complexity index is 675. The summed E-state index contributed by atoms with van der Waals surface area (Å²) in [5.41, 5.74) is 2.86. The number of H-pyrrole nitrogens is 1. The number of aromatic amines is 1. The van der Waals surface area contributed by atoms with Crippen molar-refractivity contribution in [2.75, 3.05) is 0 Å². The van der Waals surface area contributed by atoms with Crippen LogP contribution >= 0.6 is 15.9 Å². The molecule has 0 amide bonds. The van der Waals surface area contributed by atoms with Gasteiger partial charge in [0.1, 0.15) is 6.04 Å². The van der Waals surface area contributed by atoms with Crippen molar-refractivity contribution in [3.05, 3.63) is 33.9 Å². The third kappa shape index (κ3) is 1.97. The number of nitrogens with one attached hydrogen (secondary N) is 2. The van der Waals surface area contributed by atoms with E-state index in [4.69, 9.17) is 0 Å². The fraction of sp³-hybridized carbons (Fsp3) is 0.357. The van der Waals surface area contributed by atoms with E-state index in [1.165, 1.54) is 0 Å². The van der Waals surface area contributed by atoms with E-state index in [1.54, 1.807) is 0 Å². The molecule has 1 aromatic heterocycles. The summed E-state index contributed by atoms with van der Waals surface area (Å²) in [7, 11) is 0. The molecule has 0 fully saturated rings. The molecule has 0 spiro atoms. The van der Waals surface area contributed by atoms with Gasteiger partial charge in [-0.15, -0.1) is 0 Å². The lowest BCUT2D eigenvalue weighted by atomic mass is 9.86. The number of fused-ring (bicyclic) bond motifs is 3. The number of benzene rings is 1. The average Bonchev–Trinajstić information content (AvgIpc) is 2.67. The van der Waals surface area contributed by atoms with E-state index in [2.05, 4.69) is 26.2 Å². The van der Waals surface area contributed by atoms with Gasteiger partial charge in [0.2, 0.25) is 0 Å². The lowest BCUT2D eigenvalue weighted by Crippen LogP contribution is -2.52. The van der Waals surface area contributed by atoms with Gasteiger partial charge in [0.15, 0.2) is 0 Å². The summed E-state index contributed by atoms with van der Waals surface area (Å²) in [6.45, 7) is 4.01. The second-order valence-electron chi connectivity index (χ2n) is 5.53. The molecule has 0 radical (unpaired) electrons. The quantitative estimate of drug-likeness (QED) is 0.756. The van der Waals surface area contributed by atoms with E-state index in [-0.39, 0.29) is 5.54 Å². The Labute approximate surface area is 119 Å². The van der Waals surface area contributed by atoms with Crippen molar-refractivity contribution in [3.8, 4) is 0 Å². The molecule has 100 valence electrons. The van der Waals surface area contributed by atoms with E-state index in [0.717, 1.165) is 26.6 Å². The van der Waals surface area contributed by atoms with E-state index in [0.29, 0.717) is 6.42 Å². The van der Waals surface area contributed by atoms with Gasteiger partial charge >= 0.3 is 5.97 Å². The van der Waals surface area contributed by atoms with Crippen LogP contribution < -0.4 is 5.32 Å². The highest BCUT2D eigenvalue weighted by Gasteiger charge is 2.37. The van der Waals surface area contributed by atoms with Gasteiger partial charge in [-0.2, -0.15) is 0 Å². The molecule has 5 heteroatoms. The number of hydrogen-bond acceptors (Lipinski definition) is 2. The summed E-state index contributed by atoms with van der Waals surface area (Å²) in [5, 5.41) is 13.6. The van der Waals surface area contributed by atoms with Crippen molar-refractivity contribution < 1.29 is 9.90 Å². The van der Waals surface area contributed by atoms with Gasteiger partial charge in [0, 0.05) is 27.5 Å².